The van der Waals surface area contributed by atoms with Crippen LogP contribution in [0.25, 0.3) is 11.1 Å². The van der Waals surface area contributed by atoms with E-state index in [1.165, 1.54) is 31.2 Å². The summed E-state index contributed by atoms with van der Waals surface area (Å²) in [4.78, 5) is 0. The molecule has 0 N–H and O–H groups in total. The van der Waals surface area contributed by atoms with Gasteiger partial charge in [-0.25, -0.2) is 0 Å². The number of ether oxygens (including phenoxy) is 4. The first-order valence-corrected chi connectivity index (χ1v) is 15.2. The molecule has 0 saturated carbocycles. The van der Waals surface area contributed by atoms with Gasteiger partial charge in [-0.15, -0.1) is 52.7 Å². The molecule has 5 rings (SSSR count). The summed E-state index contributed by atoms with van der Waals surface area (Å²) in [6.45, 7) is 1.46. The van der Waals surface area contributed by atoms with Crippen molar-refractivity contribution in [2.45, 2.75) is 43.7 Å². The lowest BCUT2D eigenvalue weighted by Crippen LogP contribution is -2.30. The first-order chi connectivity index (χ1) is 25.5. The molecule has 0 radical (unpaired) electrons. The molecule has 0 saturated heterocycles. The van der Waals surface area contributed by atoms with Crippen LogP contribution in [0, 0.1) is 22.7 Å². The van der Waals surface area contributed by atoms with E-state index in [2.05, 4.69) is 18.9 Å². The van der Waals surface area contributed by atoms with Crippen molar-refractivity contribution in [2.24, 2.45) is 0 Å². The number of benzene rings is 4. The fourth-order valence-electron chi connectivity index (χ4n) is 6.44. The van der Waals surface area contributed by atoms with Crippen molar-refractivity contribution in [3.8, 4) is 35.1 Å². The number of hydrogen-bond acceptors (Lipinski definition) is 6. The Morgan fingerprint density at radius 3 is 1.18 bits per heavy atom. The van der Waals surface area contributed by atoms with Gasteiger partial charge in [0.05, 0.1) is 0 Å². The van der Waals surface area contributed by atoms with E-state index in [9.17, 15) is 63.2 Å². The molecule has 0 amide bonds. The molecule has 0 aromatic heterocycles. The second kappa shape index (κ2) is 14.5. The lowest BCUT2D eigenvalue weighted by Gasteiger charge is -2.36. The van der Waals surface area contributed by atoms with Crippen molar-refractivity contribution < 1.29 is 71.6 Å². The Hall–Kier alpha value is -6.30. The second-order valence-corrected chi connectivity index (χ2v) is 11.7. The van der Waals surface area contributed by atoms with Gasteiger partial charge in [-0.3, -0.25) is 0 Å². The number of halogens is 12. The monoisotopic (exact) mass is 784 g/mol. The molecule has 0 fully saturated rings. The van der Waals surface area contributed by atoms with Crippen molar-refractivity contribution in [1.82, 2.24) is 0 Å². The maximum atomic E-state index is 13.1. The fraction of sp³-hybridized carbons (Fsp3) is 0.189. The number of rotatable bonds is 8. The third-order valence-corrected chi connectivity index (χ3v) is 8.29. The summed E-state index contributed by atoms with van der Waals surface area (Å²) in [7, 11) is 0. The lowest BCUT2D eigenvalue weighted by atomic mass is 9.65. The second-order valence-electron chi connectivity index (χ2n) is 11.7. The van der Waals surface area contributed by atoms with Gasteiger partial charge in [-0.05, 0) is 87.5 Å². The zero-order valence-corrected chi connectivity index (χ0v) is 27.4. The molecule has 55 heavy (non-hydrogen) atoms. The Kier molecular flexibility index (Phi) is 10.5. The van der Waals surface area contributed by atoms with Crippen LogP contribution >= 0.6 is 0 Å². The molecule has 2 atom stereocenters. The summed E-state index contributed by atoms with van der Waals surface area (Å²) in [6.07, 6.45) is -20.4. The summed E-state index contributed by atoms with van der Waals surface area (Å²) >= 11 is 0. The van der Waals surface area contributed by atoms with Gasteiger partial charge in [0.1, 0.15) is 40.7 Å². The van der Waals surface area contributed by atoms with Gasteiger partial charge in [0.15, 0.2) is 0 Å². The predicted molar refractivity (Wildman–Crippen MR) is 168 cm³/mol. The Morgan fingerprint density at radius 2 is 0.836 bits per heavy atom. The van der Waals surface area contributed by atoms with E-state index < -0.39 is 65.4 Å². The van der Waals surface area contributed by atoms with Crippen LogP contribution in [-0.2, 0) is 5.41 Å². The predicted octanol–water partition coefficient (Wildman–Crippen LogP) is 11.3. The Labute approximate surface area is 302 Å². The highest BCUT2D eigenvalue weighted by molar-refractivity contribution is 6.08. The Bertz CT molecular complexity index is 2160. The summed E-state index contributed by atoms with van der Waals surface area (Å²) in [6, 6.07) is 20.2. The molecule has 1 aliphatic carbocycles. The van der Waals surface area contributed by atoms with Crippen LogP contribution in [-0.4, -0.2) is 25.4 Å². The molecule has 2 unspecified atom stereocenters. The average Bonchev–Trinajstić information content (AvgIpc) is 3.33. The van der Waals surface area contributed by atoms with Crippen LogP contribution in [0.15, 0.2) is 108 Å². The summed E-state index contributed by atoms with van der Waals surface area (Å²) in [5.74, 6) is -3.96. The van der Waals surface area contributed by atoms with Crippen LogP contribution in [0.1, 0.15) is 35.1 Å². The van der Waals surface area contributed by atoms with Gasteiger partial charge in [-0.1, -0.05) is 55.5 Å². The highest BCUT2D eigenvalue weighted by Gasteiger charge is 2.52. The first kappa shape index (κ1) is 39.9. The normalized spacial score (nSPS) is 17.7. The summed E-state index contributed by atoms with van der Waals surface area (Å²) in [5.41, 5.74) is -2.09. The van der Waals surface area contributed by atoms with E-state index in [4.69, 9.17) is 0 Å². The van der Waals surface area contributed by atoms with E-state index in [-0.39, 0.29) is 39.0 Å². The van der Waals surface area contributed by atoms with Crippen molar-refractivity contribution in [1.29, 1.82) is 10.5 Å². The van der Waals surface area contributed by atoms with Crippen molar-refractivity contribution in [3.05, 3.63) is 130 Å². The molecular weight excluding hydrogens is 764 g/mol. The van der Waals surface area contributed by atoms with Crippen LogP contribution in [0.5, 0.6) is 23.0 Å². The Balaban J connectivity index is 1.88. The van der Waals surface area contributed by atoms with E-state index in [1.54, 1.807) is 12.1 Å². The van der Waals surface area contributed by atoms with Crippen LogP contribution in [0.4, 0.5) is 52.7 Å². The van der Waals surface area contributed by atoms with Gasteiger partial charge >= 0.3 is 25.4 Å². The van der Waals surface area contributed by atoms with E-state index in [0.717, 1.165) is 72.8 Å². The smallest absolute Gasteiger partial charge is 0.406 e. The average molecular weight is 785 g/mol. The zero-order valence-electron chi connectivity index (χ0n) is 27.4. The minimum Gasteiger partial charge on any atom is -0.406 e. The molecule has 1 aliphatic rings. The van der Waals surface area contributed by atoms with Gasteiger partial charge in [0.25, 0.3) is 0 Å². The molecule has 4 aromatic rings. The maximum absolute atomic E-state index is 13.1. The minimum atomic E-state index is -5.10. The zero-order chi connectivity index (χ0) is 40.6. The summed E-state index contributed by atoms with van der Waals surface area (Å²) in [5, 5.41) is 20.6. The minimum absolute atomic E-state index is 0.0279. The van der Waals surface area contributed by atoms with Crippen LogP contribution in [0.3, 0.4) is 0 Å². The largest absolute Gasteiger partial charge is 0.573 e. The number of allylic oxidation sites excluding steroid dienone is 4. The quantitative estimate of drug-likeness (QED) is 0.131. The molecule has 0 bridgehead atoms. The molecular formula is C37H20F12N2O4. The molecule has 6 nitrogen and oxygen atoms in total. The first-order valence-electron chi connectivity index (χ1n) is 15.2. The fourth-order valence-corrected chi connectivity index (χ4v) is 6.44. The highest BCUT2D eigenvalue weighted by atomic mass is 19.4. The van der Waals surface area contributed by atoms with Gasteiger partial charge < -0.3 is 18.9 Å². The third kappa shape index (κ3) is 9.26. The molecule has 18 heteroatoms. The number of hydrogen-bond donors (Lipinski definition) is 0. The van der Waals surface area contributed by atoms with Crippen molar-refractivity contribution in [2.75, 3.05) is 0 Å². The SMILES string of the molecule is CC1(c2ccc(OC(F)(F)F)cc2)C(=C(C#N)C#N)C(c2ccc(OC(F)(F)F)cc2)=C(c2ccc(OC(F)(F)F)cc2)C1c1ccc(OC(F)(F)F)cc1. The summed E-state index contributed by atoms with van der Waals surface area (Å²) < 4.78 is 173. The van der Waals surface area contributed by atoms with Gasteiger partial charge in [0.2, 0.25) is 0 Å². The van der Waals surface area contributed by atoms with E-state index >= 15 is 0 Å². The maximum Gasteiger partial charge on any atom is 0.573 e. The standard InChI is InChI=1S/C37H20F12N2O4/c1-33(24-8-16-28(17-9-24)55-37(47,48)49)31(22-6-14-27(15-7-22)54-36(44,45)46)29(20-2-10-25(11-3-20)52-34(38,39)40)30(32(33)23(18-50)19-51)21-4-12-26(13-5-21)53-35(41,42)43/h2-17,31H,1H3. The van der Waals surface area contributed by atoms with Gasteiger partial charge in [0, 0.05) is 11.3 Å². The lowest BCUT2D eigenvalue weighted by molar-refractivity contribution is -0.275. The topological polar surface area (TPSA) is 84.5 Å². The Morgan fingerprint density at radius 1 is 0.509 bits per heavy atom. The van der Waals surface area contributed by atoms with Crippen LogP contribution in [0.2, 0.25) is 0 Å². The molecule has 4 aromatic carbocycles. The van der Waals surface area contributed by atoms with Gasteiger partial charge in [-0.2, -0.15) is 10.5 Å². The molecule has 0 aliphatic heterocycles. The molecule has 286 valence electrons. The number of nitrogens with zero attached hydrogens (tertiary/aromatic N) is 2. The van der Waals surface area contributed by atoms with E-state index in [1.807, 2.05) is 0 Å². The molecule has 0 spiro atoms. The number of nitriles is 2. The van der Waals surface area contributed by atoms with Crippen molar-refractivity contribution in [3.63, 3.8) is 0 Å². The number of alkyl halides is 12. The van der Waals surface area contributed by atoms with E-state index in [0.29, 0.717) is 0 Å². The highest BCUT2D eigenvalue weighted by Crippen LogP contribution is 2.63. The van der Waals surface area contributed by atoms with Crippen molar-refractivity contribution >= 4 is 11.1 Å². The van der Waals surface area contributed by atoms with Crippen LogP contribution < -0.4 is 18.9 Å². The third-order valence-electron chi connectivity index (χ3n) is 8.29. The molecule has 0 heterocycles.